The van der Waals surface area contributed by atoms with Gasteiger partial charge in [0.25, 0.3) is 0 Å². The summed E-state index contributed by atoms with van der Waals surface area (Å²) in [6.07, 6.45) is 3.63. The molecule has 0 bridgehead atoms. The van der Waals surface area contributed by atoms with Gasteiger partial charge in [-0.25, -0.2) is 4.79 Å². The zero-order valence-electron chi connectivity index (χ0n) is 11.4. The van der Waals surface area contributed by atoms with E-state index in [2.05, 4.69) is 10.6 Å². The minimum Gasteiger partial charge on any atom is -0.393 e. The Kier molecular flexibility index (Phi) is 4.80. The first-order chi connectivity index (χ1) is 9.13. The average molecular weight is 262 g/mol. The number of aliphatic hydroxyl groups is 1. The lowest BCUT2D eigenvalue weighted by molar-refractivity contribution is 0.101. The van der Waals surface area contributed by atoms with Gasteiger partial charge in [-0.05, 0) is 44.2 Å². The first-order valence-electron chi connectivity index (χ1n) is 6.93. The zero-order chi connectivity index (χ0) is 13.7. The maximum atomic E-state index is 11.7. The molecule has 104 valence electrons. The van der Waals surface area contributed by atoms with Crippen molar-refractivity contribution in [2.75, 3.05) is 11.9 Å². The lowest BCUT2D eigenvalue weighted by Gasteiger charge is -2.25. The molecule has 4 nitrogen and oxygen atoms in total. The molecule has 1 aromatic carbocycles. The fourth-order valence-corrected chi connectivity index (χ4v) is 2.50. The zero-order valence-corrected chi connectivity index (χ0v) is 11.4. The molecular formula is C15H22N2O2. The Balaban J connectivity index is 1.73. The third-order valence-corrected chi connectivity index (χ3v) is 3.62. The van der Waals surface area contributed by atoms with E-state index < -0.39 is 0 Å². The Bertz CT molecular complexity index is 417. The SMILES string of the molecule is Cc1ccc(NC(=O)NCC2CCCC(O)C2)cc1. The van der Waals surface area contributed by atoms with Gasteiger partial charge < -0.3 is 15.7 Å². The monoisotopic (exact) mass is 262 g/mol. The summed E-state index contributed by atoms with van der Waals surface area (Å²) in [5.41, 5.74) is 1.97. The lowest BCUT2D eigenvalue weighted by Crippen LogP contribution is -2.35. The molecule has 3 N–H and O–H groups in total. The number of urea groups is 1. The van der Waals surface area contributed by atoms with Crippen LogP contribution in [0.15, 0.2) is 24.3 Å². The van der Waals surface area contributed by atoms with Crippen LogP contribution in [0, 0.1) is 12.8 Å². The number of amides is 2. The quantitative estimate of drug-likeness (QED) is 0.784. The lowest BCUT2D eigenvalue weighted by atomic mass is 9.87. The van der Waals surface area contributed by atoms with Crippen molar-refractivity contribution in [2.24, 2.45) is 5.92 Å². The molecule has 1 aliphatic carbocycles. The number of rotatable bonds is 3. The van der Waals surface area contributed by atoms with E-state index in [4.69, 9.17) is 0 Å². The molecule has 2 unspecified atom stereocenters. The number of hydrogen-bond donors (Lipinski definition) is 3. The fraction of sp³-hybridized carbons (Fsp3) is 0.533. The van der Waals surface area contributed by atoms with Crippen molar-refractivity contribution < 1.29 is 9.90 Å². The Labute approximate surface area is 114 Å². The van der Waals surface area contributed by atoms with Crippen LogP contribution in [0.5, 0.6) is 0 Å². The molecule has 0 saturated heterocycles. The van der Waals surface area contributed by atoms with E-state index in [1.54, 1.807) is 0 Å². The number of carbonyl (C=O) groups is 1. The molecule has 1 aromatic rings. The minimum absolute atomic E-state index is 0.177. The van der Waals surface area contributed by atoms with Gasteiger partial charge in [0, 0.05) is 12.2 Å². The van der Waals surface area contributed by atoms with Gasteiger partial charge in [-0.1, -0.05) is 24.1 Å². The van der Waals surface area contributed by atoms with Crippen LogP contribution in [0.25, 0.3) is 0 Å². The molecule has 0 spiro atoms. The number of aryl methyl sites for hydroxylation is 1. The summed E-state index contributed by atoms with van der Waals surface area (Å²) < 4.78 is 0. The molecule has 1 fully saturated rings. The van der Waals surface area contributed by atoms with Gasteiger partial charge in [-0.2, -0.15) is 0 Å². The standard InChI is InChI=1S/C15H22N2O2/c1-11-5-7-13(8-6-11)17-15(19)16-10-12-3-2-4-14(18)9-12/h5-8,12,14,18H,2-4,9-10H2,1H3,(H2,16,17,19). The van der Waals surface area contributed by atoms with Crippen LogP contribution in [0.2, 0.25) is 0 Å². The van der Waals surface area contributed by atoms with Crippen LogP contribution >= 0.6 is 0 Å². The smallest absolute Gasteiger partial charge is 0.319 e. The summed E-state index contributed by atoms with van der Waals surface area (Å²) in [7, 11) is 0. The van der Waals surface area contributed by atoms with Crippen molar-refractivity contribution in [3.8, 4) is 0 Å². The maximum Gasteiger partial charge on any atom is 0.319 e. The van der Waals surface area contributed by atoms with Crippen LogP contribution in [0.3, 0.4) is 0 Å². The van der Waals surface area contributed by atoms with Crippen molar-refractivity contribution >= 4 is 11.7 Å². The Morgan fingerprint density at radius 3 is 2.74 bits per heavy atom. The summed E-state index contributed by atoms with van der Waals surface area (Å²) in [5.74, 6) is 0.396. The Hall–Kier alpha value is -1.55. The normalized spacial score (nSPS) is 22.8. The molecule has 1 aliphatic rings. The molecular weight excluding hydrogens is 240 g/mol. The number of nitrogens with one attached hydrogen (secondary N) is 2. The van der Waals surface area contributed by atoms with E-state index in [0.29, 0.717) is 12.5 Å². The molecule has 0 heterocycles. The van der Waals surface area contributed by atoms with E-state index in [1.807, 2.05) is 31.2 Å². The van der Waals surface area contributed by atoms with Crippen molar-refractivity contribution in [1.82, 2.24) is 5.32 Å². The number of anilines is 1. The number of benzene rings is 1. The van der Waals surface area contributed by atoms with Crippen molar-refractivity contribution in [2.45, 2.75) is 38.7 Å². The van der Waals surface area contributed by atoms with Crippen molar-refractivity contribution in [3.05, 3.63) is 29.8 Å². The Morgan fingerprint density at radius 2 is 2.05 bits per heavy atom. The number of hydrogen-bond acceptors (Lipinski definition) is 2. The molecule has 2 rings (SSSR count). The van der Waals surface area contributed by atoms with Gasteiger partial charge in [-0.15, -0.1) is 0 Å². The second-order valence-electron chi connectivity index (χ2n) is 5.39. The largest absolute Gasteiger partial charge is 0.393 e. The van der Waals surface area contributed by atoms with Gasteiger partial charge in [0.15, 0.2) is 0 Å². The summed E-state index contributed by atoms with van der Waals surface area (Å²) in [5, 5.41) is 15.3. The molecule has 19 heavy (non-hydrogen) atoms. The third kappa shape index (κ3) is 4.56. The van der Waals surface area contributed by atoms with Crippen LogP contribution in [0.1, 0.15) is 31.2 Å². The van der Waals surface area contributed by atoms with Gasteiger partial charge in [0.05, 0.1) is 6.10 Å². The summed E-state index contributed by atoms with van der Waals surface area (Å²) in [4.78, 5) is 11.7. The predicted octanol–water partition coefficient (Wildman–Crippen LogP) is 2.67. The van der Waals surface area contributed by atoms with Gasteiger partial charge in [0.2, 0.25) is 0 Å². The number of carbonyl (C=O) groups excluding carboxylic acids is 1. The number of aliphatic hydroxyl groups excluding tert-OH is 1. The second-order valence-corrected chi connectivity index (χ2v) is 5.39. The molecule has 1 saturated carbocycles. The molecule has 0 aromatic heterocycles. The third-order valence-electron chi connectivity index (χ3n) is 3.62. The van der Waals surface area contributed by atoms with Gasteiger partial charge >= 0.3 is 6.03 Å². The van der Waals surface area contributed by atoms with Crippen LogP contribution in [-0.2, 0) is 0 Å². The van der Waals surface area contributed by atoms with E-state index in [-0.39, 0.29) is 12.1 Å². The van der Waals surface area contributed by atoms with Crippen LogP contribution in [0.4, 0.5) is 10.5 Å². The maximum absolute atomic E-state index is 11.7. The van der Waals surface area contributed by atoms with Crippen LogP contribution in [-0.4, -0.2) is 23.8 Å². The second kappa shape index (κ2) is 6.57. The predicted molar refractivity (Wildman–Crippen MR) is 76.2 cm³/mol. The van der Waals surface area contributed by atoms with Crippen molar-refractivity contribution in [1.29, 1.82) is 0 Å². The Morgan fingerprint density at radius 1 is 1.32 bits per heavy atom. The molecule has 2 amide bonds. The highest BCUT2D eigenvalue weighted by Crippen LogP contribution is 2.23. The minimum atomic E-state index is -0.194. The van der Waals surface area contributed by atoms with E-state index in [9.17, 15) is 9.90 Å². The molecule has 2 atom stereocenters. The highest BCUT2D eigenvalue weighted by molar-refractivity contribution is 5.89. The topological polar surface area (TPSA) is 61.4 Å². The van der Waals surface area contributed by atoms with Crippen LogP contribution < -0.4 is 10.6 Å². The molecule has 4 heteroatoms. The average Bonchev–Trinajstić information content (AvgIpc) is 2.39. The fourth-order valence-electron chi connectivity index (χ4n) is 2.50. The van der Waals surface area contributed by atoms with E-state index in [1.165, 1.54) is 5.56 Å². The van der Waals surface area contributed by atoms with E-state index >= 15 is 0 Å². The van der Waals surface area contributed by atoms with Gasteiger partial charge in [-0.3, -0.25) is 0 Å². The van der Waals surface area contributed by atoms with Gasteiger partial charge in [0.1, 0.15) is 0 Å². The van der Waals surface area contributed by atoms with Crippen molar-refractivity contribution in [3.63, 3.8) is 0 Å². The first-order valence-corrected chi connectivity index (χ1v) is 6.93. The summed E-state index contributed by atoms with van der Waals surface area (Å²) in [6, 6.07) is 7.53. The highest BCUT2D eigenvalue weighted by Gasteiger charge is 2.20. The first kappa shape index (κ1) is 13.9. The molecule has 0 radical (unpaired) electrons. The van der Waals surface area contributed by atoms with E-state index in [0.717, 1.165) is 31.4 Å². The molecule has 0 aliphatic heterocycles. The summed E-state index contributed by atoms with van der Waals surface area (Å²) in [6.45, 7) is 2.65. The summed E-state index contributed by atoms with van der Waals surface area (Å²) >= 11 is 0. The highest BCUT2D eigenvalue weighted by atomic mass is 16.3.